The zero-order chi connectivity index (χ0) is 19.6. The quantitative estimate of drug-likeness (QED) is 0.587. The molecule has 2 aromatic heterocycles. The average Bonchev–Trinajstić information content (AvgIpc) is 3.17. The van der Waals surface area contributed by atoms with Crippen molar-refractivity contribution in [2.75, 3.05) is 18.2 Å². The monoisotopic (exact) mass is 404 g/mol. The summed E-state index contributed by atoms with van der Waals surface area (Å²) < 4.78 is 9.23. The summed E-state index contributed by atoms with van der Waals surface area (Å²) >= 11 is 3.38. The largest absolute Gasteiger partial charge is 0.379 e. The summed E-state index contributed by atoms with van der Waals surface area (Å²) in [4.78, 5) is 17.0. The van der Waals surface area contributed by atoms with Crippen LogP contribution in [0.25, 0.3) is 10.2 Å². The zero-order valence-corrected chi connectivity index (χ0v) is 17.8. The van der Waals surface area contributed by atoms with E-state index < -0.39 is 0 Å². The number of methoxy groups -OCH3 is 1. The Kier molecular flexibility index (Phi) is 5.88. The van der Waals surface area contributed by atoms with Gasteiger partial charge in [-0.1, -0.05) is 11.8 Å². The summed E-state index contributed by atoms with van der Waals surface area (Å²) in [5, 5.41) is 7.13. The van der Waals surface area contributed by atoms with Crippen molar-refractivity contribution in [1.82, 2.24) is 14.8 Å². The van der Waals surface area contributed by atoms with Crippen LogP contribution in [0.3, 0.4) is 0 Å². The number of aryl methyl sites for hydroxylation is 2. The predicted molar refractivity (Wildman–Crippen MR) is 112 cm³/mol. The van der Waals surface area contributed by atoms with E-state index in [-0.39, 0.29) is 11.5 Å². The van der Waals surface area contributed by atoms with Crippen LogP contribution in [0.4, 0.5) is 5.69 Å². The molecule has 0 aliphatic carbocycles. The Labute approximate surface area is 167 Å². The normalized spacial score (nSPS) is 11.9. The Bertz CT molecular complexity index is 942. The molecular weight excluding hydrogens is 380 g/mol. The SMILES string of the molecule is COC(C)(C)CCSc1nc2ccc(NC(=O)c3cc(C)n(C)n3)cc2s1. The lowest BCUT2D eigenvalue weighted by atomic mass is 10.1. The van der Waals surface area contributed by atoms with Crippen LogP contribution >= 0.6 is 23.1 Å². The summed E-state index contributed by atoms with van der Waals surface area (Å²) in [5.74, 6) is 0.738. The van der Waals surface area contributed by atoms with Crippen LogP contribution in [-0.4, -0.2) is 39.1 Å². The van der Waals surface area contributed by atoms with Crippen LogP contribution in [0.1, 0.15) is 36.5 Å². The highest BCUT2D eigenvalue weighted by Gasteiger charge is 2.17. The number of rotatable bonds is 7. The number of benzene rings is 1. The van der Waals surface area contributed by atoms with Crippen molar-refractivity contribution >= 4 is 44.9 Å². The van der Waals surface area contributed by atoms with Crippen LogP contribution in [0, 0.1) is 6.92 Å². The topological polar surface area (TPSA) is 69.0 Å². The van der Waals surface area contributed by atoms with E-state index >= 15 is 0 Å². The van der Waals surface area contributed by atoms with Crippen LogP contribution < -0.4 is 5.32 Å². The van der Waals surface area contributed by atoms with Crippen molar-refractivity contribution in [1.29, 1.82) is 0 Å². The first-order chi connectivity index (χ1) is 12.8. The lowest BCUT2D eigenvalue weighted by Crippen LogP contribution is -2.22. The molecule has 0 aliphatic heterocycles. The molecule has 0 bridgehead atoms. The summed E-state index contributed by atoms with van der Waals surface area (Å²) in [7, 11) is 3.56. The molecule has 8 heteroatoms. The molecule has 0 radical (unpaired) electrons. The molecule has 2 heterocycles. The van der Waals surface area contributed by atoms with Gasteiger partial charge in [0.15, 0.2) is 10.0 Å². The number of hydrogen-bond donors (Lipinski definition) is 1. The summed E-state index contributed by atoms with van der Waals surface area (Å²) in [5.41, 5.74) is 2.93. The molecule has 0 saturated carbocycles. The highest BCUT2D eigenvalue weighted by atomic mass is 32.2. The highest BCUT2D eigenvalue weighted by molar-refractivity contribution is 8.01. The Hall–Kier alpha value is -1.90. The van der Waals surface area contributed by atoms with E-state index in [9.17, 15) is 4.79 Å². The molecule has 0 spiro atoms. The van der Waals surface area contributed by atoms with Crippen molar-refractivity contribution in [3.63, 3.8) is 0 Å². The van der Waals surface area contributed by atoms with E-state index in [2.05, 4.69) is 29.2 Å². The lowest BCUT2D eigenvalue weighted by Gasteiger charge is -2.21. The van der Waals surface area contributed by atoms with Gasteiger partial charge < -0.3 is 10.1 Å². The van der Waals surface area contributed by atoms with Gasteiger partial charge in [0.25, 0.3) is 5.91 Å². The van der Waals surface area contributed by atoms with E-state index in [0.717, 1.165) is 38.1 Å². The van der Waals surface area contributed by atoms with Gasteiger partial charge in [0.05, 0.1) is 15.8 Å². The molecule has 27 heavy (non-hydrogen) atoms. The molecule has 0 saturated heterocycles. The minimum Gasteiger partial charge on any atom is -0.379 e. The molecule has 3 aromatic rings. The van der Waals surface area contributed by atoms with Gasteiger partial charge >= 0.3 is 0 Å². The molecule has 6 nitrogen and oxygen atoms in total. The molecule has 1 N–H and O–H groups in total. The van der Waals surface area contributed by atoms with Crippen LogP contribution in [0.2, 0.25) is 0 Å². The number of fused-ring (bicyclic) bond motifs is 1. The van der Waals surface area contributed by atoms with Crippen molar-refractivity contribution in [3.8, 4) is 0 Å². The molecule has 144 valence electrons. The fourth-order valence-corrected chi connectivity index (χ4v) is 4.82. The van der Waals surface area contributed by atoms with E-state index in [1.165, 1.54) is 0 Å². The Morgan fingerprint density at radius 1 is 1.37 bits per heavy atom. The Balaban J connectivity index is 1.67. The maximum absolute atomic E-state index is 12.4. The number of hydrogen-bond acceptors (Lipinski definition) is 6. The number of nitrogens with zero attached hydrogens (tertiary/aromatic N) is 3. The van der Waals surface area contributed by atoms with Gasteiger partial charge in [0, 0.05) is 31.3 Å². The highest BCUT2D eigenvalue weighted by Crippen LogP contribution is 2.32. The Morgan fingerprint density at radius 3 is 2.81 bits per heavy atom. The van der Waals surface area contributed by atoms with Gasteiger partial charge in [-0.15, -0.1) is 11.3 Å². The van der Waals surface area contributed by atoms with Crippen LogP contribution in [0.5, 0.6) is 0 Å². The average molecular weight is 405 g/mol. The predicted octanol–water partition coefficient (Wildman–Crippen LogP) is 4.50. The minimum absolute atomic E-state index is 0.120. The van der Waals surface area contributed by atoms with Gasteiger partial charge in [0.1, 0.15) is 0 Å². The van der Waals surface area contributed by atoms with Gasteiger partial charge in [-0.2, -0.15) is 5.10 Å². The van der Waals surface area contributed by atoms with Crippen molar-refractivity contribution in [2.45, 2.75) is 37.1 Å². The number of anilines is 1. The maximum Gasteiger partial charge on any atom is 0.276 e. The minimum atomic E-state index is -0.209. The standard InChI is InChI=1S/C19H24N4O2S2/c1-12-10-15(22-23(12)4)17(24)20-13-6-7-14-16(11-13)27-18(21-14)26-9-8-19(2,3)25-5/h6-7,10-11H,8-9H2,1-5H3,(H,20,24). The molecule has 0 unspecified atom stereocenters. The number of amides is 1. The molecule has 0 fully saturated rings. The van der Waals surface area contributed by atoms with Gasteiger partial charge in [-0.05, 0) is 51.5 Å². The summed E-state index contributed by atoms with van der Waals surface area (Å²) in [6.45, 7) is 6.09. The van der Waals surface area contributed by atoms with E-state index in [4.69, 9.17) is 4.74 Å². The molecule has 0 atom stereocenters. The first kappa shape index (κ1) is 19.9. The molecular formula is C19H24N4O2S2. The summed E-state index contributed by atoms with van der Waals surface area (Å²) in [6.07, 6.45) is 0.953. The van der Waals surface area contributed by atoms with E-state index in [0.29, 0.717) is 5.69 Å². The second-order valence-corrected chi connectivity index (χ2v) is 9.35. The summed E-state index contributed by atoms with van der Waals surface area (Å²) in [6, 6.07) is 7.55. The number of carbonyl (C=O) groups excluding carboxylic acids is 1. The molecule has 1 aromatic carbocycles. The van der Waals surface area contributed by atoms with Gasteiger partial charge in [-0.3, -0.25) is 9.48 Å². The molecule has 3 rings (SSSR count). The number of nitrogens with one attached hydrogen (secondary N) is 1. The third kappa shape index (κ3) is 4.88. The third-order valence-electron chi connectivity index (χ3n) is 4.46. The third-order valence-corrected chi connectivity index (χ3v) is 6.62. The van der Waals surface area contributed by atoms with Gasteiger partial charge in [-0.25, -0.2) is 4.98 Å². The van der Waals surface area contributed by atoms with Crippen molar-refractivity contribution in [3.05, 3.63) is 35.7 Å². The molecule has 0 aliphatic rings. The van der Waals surface area contributed by atoms with Crippen LogP contribution in [-0.2, 0) is 11.8 Å². The van der Waals surface area contributed by atoms with Crippen molar-refractivity contribution in [2.24, 2.45) is 7.05 Å². The first-order valence-electron chi connectivity index (χ1n) is 8.68. The number of ether oxygens (including phenoxy) is 1. The first-order valence-corrected chi connectivity index (χ1v) is 10.5. The second kappa shape index (κ2) is 8.00. The number of thiazole rings is 1. The number of aromatic nitrogens is 3. The molecule has 1 amide bonds. The fraction of sp³-hybridized carbons (Fsp3) is 0.421. The second-order valence-electron chi connectivity index (χ2n) is 6.97. The van der Waals surface area contributed by atoms with E-state index in [1.54, 1.807) is 41.0 Å². The smallest absolute Gasteiger partial charge is 0.276 e. The van der Waals surface area contributed by atoms with E-state index in [1.807, 2.05) is 32.2 Å². The van der Waals surface area contributed by atoms with Crippen molar-refractivity contribution < 1.29 is 9.53 Å². The number of thioether (sulfide) groups is 1. The Morgan fingerprint density at radius 2 is 2.15 bits per heavy atom. The van der Waals surface area contributed by atoms with Crippen LogP contribution in [0.15, 0.2) is 28.6 Å². The number of carbonyl (C=O) groups is 1. The fourth-order valence-electron chi connectivity index (χ4n) is 2.40. The zero-order valence-electron chi connectivity index (χ0n) is 16.2. The van der Waals surface area contributed by atoms with Gasteiger partial charge in [0.2, 0.25) is 0 Å². The maximum atomic E-state index is 12.4. The lowest BCUT2D eigenvalue weighted by molar-refractivity contribution is 0.0207.